The zero-order valence-electron chi connectivity index (χ0n) is 11.8. The summed E-state index contributed by atoms with van der Waals surface area (Å²) in [5.74, 6) is 0. The van der Waals surface area contributed by atoms with Gasteiger partial charge in [0.2, 0.25) is 0 Å². The van der Waals surface area contributed by atoms with Gasteiger partial charge in [-0.3, -0.25) is 0 Å². The molecule has 1 saturated heterocycles. The van der Waals surface area contributed by atoms with Crippen LogP contribution in [0.4, 0.5) is 0 Å². The number of hydrogen-bond donors (Lipinski definition) is 2. The molecule has 0 spiro atoms. The molecule has 0 saturated carbocycles. The van der Waals surface area contributed by atoms with Crippen LogP contribution in [-0.4, -0.2) is 37.4 Å². The Morgan fingerprint density at radius 2 is 2.11 bits per heavy atom. The molecule has 6 heteroatoms. The highest BCUT2D eigenvalue weighted by Crippen LogP contribution is 2.22. The Bertz CT molecular complexity index is 358. The highest BCUT2D eigenvalue weighted by atomic mass is 32.2. The van der Waals surface area contributed by atoms with Crippen LogP contribution in [0, 0.1) is 0 Å². The van der Waals surface area contributed by atoms with Gasteiger partial charge in [-0.1, -0.05) is 13.3 Å². The van der Waals surface area contributed by atoms with Crippen molar-refractivity contribution >= 4 is 10.2 Å². The molecule has 0 radical (unpaired) electrons. The molecule has 1 fully saturated rings. The lowest BCUT2D eigenvalue weighted by Gasteiger charge is -2.37. The second-order valence-electron chi connectivity index (χ2n) is 5.52. The normalized spacial score (nSPS) is 25.9. The van der Waals surface area contributed by atoms with E-state index >= 15 is 0 Å². The molecule has 5 nitrogen and oxygen atoms in total. The SMILES string of the molecule is CCC(C)(CCN)NS(=O)(=O)N1CCCCC1C. The number of hydrogen-bond acceptors (Lipinski definition) is 3. The summed E-state index contributed by atoms with van der Waals surface area (Å²) in [6.45, 7) is 7.00. The first-order chi connectivity index (χ1) is 8.34. The minimum Gasteiger partial charge on any atom is -0.330 e. The Labute approximate surface area is 111 Å². The van der Waals surface area contributed by atoms with Crippen LogP contribution >= 0.6 is 0 Å². The van der Waals surface area contributed by atoms with E-state index in [2.05, 4.69) is 4.72 Å². The van der Waals surface area contributed by atoms with Gasteiger partial charge < -0.3 is 5.73 Å². The molecule has 0 bridgehead atoms. The lowest BCUT2D eigenvalue weighted by molar-refractivity contribution is 0.256. The van der Waals surface area contributed by atoms with E-state index < -0.39 is 15.7 Å². The van der Waals surface area contributed by atoms with Gasteiger partial charge in [-0.25, -0.2) is 0 Å². The third-order valence-electron chi connectivity index (χ3n) is 3.90. The van der Waals surface area contributed by atoms with Crippen LogP contribution in [0.5, 0.6) is 0 Å². The summed E-state index contributed by atoms with van der Waals surface area (Å²) >= 11 is 0. The molecule has 0 aromatic heterocycles. The molecule has 1 aliphatic rings. The highest BCUT2D eigenvalue weighted by molar-refractivity contribution is 7.87. The molecule has 1 rings (SSSR count). The van der Waals surface area contributed by atoms with Crippen LogP contribution in [0.1, 0.15) is 52.9 Å². The summed E-state index contributed by atoms with van der Waals surface area (Å²) in [6.07, 6.45) is 4.41. The Balaban J connectivity index is 2.79. The standard InChI is InChI=1S/C12H27N3O2S/c1-4-12(3,8-9-13)14-18(16,17)15-10-6-5-7-11(15)2/h11,14H,4-10,13H2,1-3H3. The maximum atomic E-state index is 12.4. The second-order valence-corrected chi connectivity index (χ2v) is 7.14. The van der Waals surface area contributed by atoms with Crippen molar-refractivity contribution in [3.05, 3.63) is 0 Å². The van der Waals surface area contributed by atoms with Crippen molar-refractivity contribution < 1.29 is 8.42 Å². The van der Waals surface area contributed by atoms with Crippen LogP contribution in [0.25, 0.3) is 0 Å². The molecule has 2 atom stereocenters. The first kappa shape index (κ1) is 15.9. The lowest BCUT2D eigenvalue weighted by atomic mass is 9.96. The zero-order chi connectivity index (χ0) is 13.8. The molecule has 0 aromatic carbocycles. The predicted octanol–water partition coefficient (Wildman–Crippen LogP) is 1.21. The van der Waals surface area contributed by atoms with Gasteiger partial charge in [0.05, 0.1) is 0 Å². The Kier molecular flexibility index (Phi) is 5.58. The third kappa shape index (κ3) is 3.91. The van der Waals surface area contributed by atoms with Crippen molar-refractivity contribution in [1.82, 2.24) is 9.03 Å². The zero-order valence-corrected chi connectivity index (χ0v) is 12.6. The van der Waals surface area contributed by atoms with Crippen molar-refractivity contribution in [2.75, 3.05) is 13.1 Å². The molecule has 0 aromatic rings. The Hall–Kier alpha value is -0.170. The minimum absolute atomic E-state index is 0.0928. The van der Waals surface area contributed by atoms with Crippen LogP contribution < -0.4 is 10.5 Å². The van der Waals surface area contributed by atoms with Crippen LogP contribution in [0.15, 0.2) is 0 Å². The summed E-state index contributed by atoms with van der Waals surface area (Å²) in [5, 5.41) is 0. The average Bonchev–Trinajstić information content (AvgIpc) is 2.29. The molecule has 0 aliphatic carbocycles. The Morgan fingerprint density at radius 3 is 2.61 bits per heavy atom. The lowest BCUT2D eigenvalue weighted by Crippen LogP contribution is -2.55. The fourth-order valence-electron chi connectivity index (χ4n) is 2.42. The van der Waals surface area contributed by atoms with Gasteiger partial charge in [-0.15, -0.1) is 0 Å². The second kappa shape index (κ2) is 6.32. The number of rotatable bonds is 6. The molecular formula is C12H27N3O2S. The highest BCUT2D eigenvalue weighted by Gasteiger charge is 2.34. The molecule has 0 amide bonds. The maximum Gasteiger partial charge on any atom is 0.280 e. The smallest absolute Gasteiger partial charge is 0.280 e. The Morgan fingerprint density at radius 1 is 1.44 bits per heavy atom. The van der Waals surface area contributed by atoms with E-state index in [-0.39, 0.29) is 6.04 Å². The average molecular weight is 277 g/mol. The van der Waals surface area contributed by atoms with Crippen LogP contribution in [0.2, 0.25) is 0 Å². The topological polar surface area (TPSA) is 75.4 Å². The van der Waals surface area contributed by atoms with Gasteiger partial charge in [0, 0.05) is 18.1 Å². The van der Waals surface area contributed by atoms with E-state index in [4.69, 9.17) is 5.73 Å². The van der Waals surface area contributed by atoms with Gasteiger partial charge in [0.1, 0.15) is 0 Å². The molecule has 108 valence electrons. The minimum atomic E-state index is -3.40. The summed E-state index contributed by atoms with van der Waals surface area (Å²) in [5.41, 5.74) is 5.13. The van der Waals surface area contributed by atoms with E-state index in [1.54, 1.807) is 4.31 Å². The molecular weight excluding hydrogens is 250 g/mol. The van der Waals surface area contributed by atoms with Gasteiger partial charge in [0.15, 0.2) is 0 Å². The van der Waals surface area contributed by atoms with E-state index in [1.165, 1.54) is 0 Å². The van der Waals surface area contributed by atoms with Gasteiger partial charge in [-0.2, -0.15) is 17.4 Å². The number of nitrogens with two attached hydrogens (primary N) is 1. The van der Waals surface area contributed by atoms with E-state index in [0.717, 1.165) is 25.7 Å². The fraction of sp³-hybridized carbons (Fsp3) is 1.00. The third-order valence-corrected chi connectivity index (χ3v) is 5.81. The van der Waals surface area contributed by atoms with E-state index in [0.29, 0.717) is 19.5 Å². The van der Waals surface area contributed by atoms with Gasteiger partial charge >= 0.3 is 0 Å². The van der Waals surface area contributed by atoms with Gasteiger partial charge in [-0.05, 0) is 46.1 Å². The quantitative estimate of drug-likeness (QED) is 0.766. The van der Waals surface area contributed by atoms with Crippen molar-refractivity contribution in [3.63, 3.8) is 0 Å². The van der Waals surface area contributed by atoms with Crippen molar-refractivity contribution in [3.8, 4) is 0 Å². The molecule has 18 heavy (non-hydrogen) atoms. The summed E-state index contributed by atoms with van der Waals surface area (Å²) < 4.78 is 29.3. The monoisotopic (exact) mass is 277 g/mol. The number of piperidine rings is 1. The summed E-state index contributed by atoms with van der Waals surface area (Å²) in [7, 11) is -3.40. The van der Waals surface area contributed by atoms with Crippen LogP contribution in [0.3, 0.4) is 0 Å². The van der Waals surface area contributed by atoms with E-state index in [9.17, 15) is 8.42 Å². The number of nitrogens with zero attached hydrogens (tertiary/aromatic N) is 1. The van der Waals surface area contributed by atoms with Crippen molar-refractivity contribution in [2.45, 2.75) is 64.5 Å². The molecule has 3 N–H and O–H groups in total. The first-order valence-electron chi connectivity index (χ1n) is 6.85. The van der Waals surface area contributed by atoms with Crippen LogP contribution in [-0.2, 0) is 10.2 Å². The van der Waals surface area contributed by atoms with E-state index in [1.807, 2.05) is 20.8 Å². The first-order valence-corrected chi connectivity index (χ1v) is 8.29. The summed E-state index contributed by atoms with van der Waals surface area (Å²) in [6, 6.07) is 0.0928. The molecule has 1 heterocycles. The molecule has 2 unspecified atom stereocenters. The van der Waals surface area contributed by atoms with Crippen molar-refractivity contribution in [1.29, 1.82) is 0 Å². The fourth-order valence-corrected chi connectivity index (χ4v) is 4.35. The predicted molar refractivity (Wildman–Crippen MR) is 74.4 cm³/mol. The largest absolute Gasteiger partial charge is 0.330 e. The maximum absolute atomic E-state index is 12.4. The number of nitrogens with one attached hydrogen (secondary N) is 1. The molecule has 1 aliphatic heterocycles. The van der Waals surface area contributed by atoms with Gasteiger partial charge in [0.25, 0.3) is 10.2 Å². The van der Waals surface area contributed by atoms with Crippen molar-refractivity contribution in [2.24, 2.45) is 5.73 Å². The summed E-state index contributed by atoms with van der Waals surface area (Å²) in [4.78, 5) is 0.